The van der Waals surface area contributed by atoms with Crippen LogP contribution < -0.4 is 0 Å². The molecule has 0 bridgehead atoms. The van der Waals surface area contributed by atoms with E-state index >= 15 is 0 Å². The lowest BCUT2D eigenvalue weighted by Gasteiger charge is -2.19. The molecule has 0 radical (unpaired) electrons. The maximum atomic E-state index is 7.01. The first-order valence-electron chi connectivity index (χ1n) is 19.7. The molecule has 0 aliphatic rings. The number of furan rings is 2. The summed E-state index contributed by atoms with van der Waals surface area (Å²) in [5.74, 6) is 0. The average Bonchev–Trinajstić information content (AvgIpc) is 3.95. The van der Waals surface area contributed by atoms with Gasteiger partial charge in [0.1, 0.15) is 22.3 Å². The molecule has 12 aromatic rings. The van der Waals surface area contributed by atoms with E-state index in [2.05, 4.69) is 187 Å². The van der Waals surface area contributed by atoms with Crippen LogP contribution in [-0.4, -0.2) is 9.55 Å². The number of para-hydroxylation sites is 4. The van der Waals surface area contributed by atoms with Gasteiger partial charge in [0.2, 0.25) is 0 Å². The van der Waals surface area contributed by atoms with Crippen LogP contribution in [0.15, 0.2) is 197 Å². The third-order valence-electron chi connectivity index (χ3n) is 11.7. The van der Waals surface area contributed by atoms with Gasteiger partial charge in [0.15, 0.2) is 0 Å². The predicted octanol–water partition coefficient (Wildman–Crippen LogP) is 15.0. The molecule has 0 fully saturated rings. The highest BCUT2D eigenvalue weighted by molar-refractivity contribution is 6.21. The molecule has 4 nitrogen and oxygen atoms in total. The second-order valence-electron chi connectivity index (χ2n) is 15.1. The van der Waals surface area contributed by atoms with Crippen molar-refractivity contribution in [1.29, 1.82) is 0 Å². The Balaban J connectivity index is 1.24. The summed E-state index contributed by atoms with van der Waals surface area (Å²) in [5, 5.41) is 6.65. The molecule has 4 heteroatoms. The van der Waals surface area contributed by atoms with Crippen molar-refractivity contribution in [3.63, 3.8) is 0 Å². The highest BCUT2D eigenvalue weighted by Crippen LogP contribution is 2.50. The molecule has 4 aromatic heterocycles. The summed E-state index contributed by atoms with van der Waals surface area (Å²) in [6.07, 6.45) is 1.92. The molecular formula is C54H34N2O2. The molecule has 0 amide bonds. The summed E-state index contributed by atoms with van der Waals surface area (Å²) >= 11 is 0. The monoisotopic (exact) mass is 742 g/mol. The number of pyridine rings is 1. The normalized spacial score (nSPS) is 11.9. The van der Waals surface area contributed by atoms with Crippen molar-refractivity contribution in [1.82, 2.24) is 9.55 Å². The molecule has 0 atom stereocenters. The minimum atomic E-state index is 0.836. The van der Waals surface area contributed by atoms with E-state index in [-0.39, 0.29) is 0 Å². The Morgan fingerprint density at radius 2 is 1.10 bits per heavy atom. The summed E-state index contributed by atoms with van der Waals surface area (Å²) in [4.78, 5) is 5.13. The van der Waals surface area contributed by atoms with Gasteiger partial charge in [-0.2, -0.15) is 0 Å². The van der Waals surface area contributed by atoms with Crippen LogP contribution >= 0.6 is 0 Å². The topological polar surface area (TPSA) is 44.1 Å². The number of benzene rings is 8. The molecule has 0 aliphatic heterocycles. The molecule has 0 aliphatic carbocycles. The van der Waals surface area contributed by atoms with Crippen LogP contribution in [0.3, 0.4) is 0 Å². The number of hydrogen-bond donors (Lipinski definition) is 0. The predicted molar refractivity (Wildman–Crippen MR) is 240 cm³/mol. The number of rotatable bonds is 5. The Bertz CT molecular complexity index is 3570. The minimum absolute atomic E-state index is 0.836. The van der Waals surface area contributed by atoms with Crippen molar-refractivity contribution >= 4 is 65.7 Å². The molecule has 4 heterocycles. The molecule has 0 spiro atoms. The van der Waals surface area contributed by atoms with Crippen molar-refractivity contribution in [3.05, 3.63) is 194 Å². The smallest absolute Gasteiger partial charge is 0.144 e. The number of aromatic nitrogens is 2. The summed E-state index contributed by atoms with van der Waals surface area (Å²) in [6.45, 7) is 2.13. The van der Waals surface area contributed by atoms with Gasteiger partial charge in [-0.25, -0.2) is 0 Å². The maximum absolute atomic E-state index is 7.01. The standard InChI is InChI=1S/C54H34N2O2/c1-33-27-28-55-46(29-33)51-42(36-24-26-50-44(31-36)43-30-35(23-25-49(43)57-50)34-13-4-2-5-14-34)32-45-39-18-9-11-22-48(39)58-54(45)52(51)41-20-12-19-40-38-17-8-10-21-47(38)56(53(40)41)37-15-6-3-7-16-37/h2-32H,1H3. The Morgan fingerprint density at radius 1 is 0.431 bits per heavy atom. The number of fused-ring (bicyclic) bond motifs is 9. The zero-order chi connectivity index (χ0) is 38.3. The maximum Gasteiger partial charge on any atom is 0.144 e. The summed E-state index contributed by atoms with van der Waals surface area (Å²) < 4.78 is 15.9. The largest absolute Gasteiger partial charge is 0.456 e. The van der Waals surface area contributed by atoms with Gasteiger partial charge in [0.25, 0.3) is 0 Å². The number of aryl methyl sites for hydroxylation is 1. The summed E-state index contributed by atoms with van der Waals surface area (Å²) in [7, 11) is 0. The average molecular weight is 743 g/mol. The molecular weight excluding hydrogens is 709 g/mol. The van der Waals surface area contributed by atoms with Crippen LogP contribution in [0, 0.1) is 6.92 Å². The molecule has 12 rings (SSSR count). The lowest BCUT2D eigenvalue weighted by Crippen LogP contribution is -1.98. The van der Waals surface area contributed by atoms with Crippen LogP contribution in [0.2, 0.25) is 0 Å². The Morgan fingerprint density at radius 3 is 1.91 bits per heavy atom. The molecule has 8 aromatic carbocycles. The van der Waals surface area contributed by atoms with E-state index in [1.54, 1.807) is 0 Å². The highest BCUT2D eigenvalue weighted by atomic mass is 16.3. The van der Waals surface area contributed by atoms with Gasteiger partial charge in [-0.15, -0.1) is 0 Å². The molecule has 58 heavy (non-hydrogen) atoms. The van der Waals surface area contributed by atoms with Crippen LogP contribution in [0.5, 0.6) is 0 Å². The van der Waals surface area contributed by atoms with Gasteiger partial charge >= 0.3 is 0 Å². The van der Waals surface area contributed by atoms with Gasteiger partial charge in [0, 0.05) is 60.9 Å². The van der Waals surface area contributed by atoms with Gasteiger partial charge in [0.05, 0.1) is 16.7 Å². The van der Waals surface area contributed by atoms with Gasteiger partial charge in [-0.3, -0.25) is 4.98 Å². The molecule has 0 saturated heterocycles. The van der Waals surface area contributed by atoms with E-state index in [4.69, 9.17) is 13.8 Å². The van der Waals surface area contributed by atoms with Gasteiger partial charge in [-0.05, 0) is 101 Å². The second kappa shape index (κ2) is 12.7. The van der Waals surface area contributed by atoms with Crippen molar-refractivity contribution in [2.45, 2.75) is 6.92 Å². The van der Waals surface area contributed by atoms with Crippen molar-refractivity contribution in [2.75, 3.05) is 0 Å². The van der Waals surface area contributed by atoms with Crippen molar-refractivity contribution in [2.24, 2.45) is 0 Å². The highest BCUT2D eigenvalue weighted by Gasteiger charge is 2.27. The Hall–Kier alpha value is -7.69. The van der Waals surface area contributed by atoms with E-state index < -0.39 is 0 Å². The number of hydrogen-bond acceptors (Lipinski definition) is 3. The lowest BCUT2D eigenvalue weighted by atomic mass is 9.86. The van der Waals surface area contributed by atoms with E-state index in [1.807, 2.05) is 12.3 Å². The van der Waals surface area contributed by atoms with Gasteiger partial charge < -0.3 is 13.4 Å². The Labute approximate surface area is 333 Å². The first-order chi connectivity index (χ1) is 28.7. The second-order valence-corrected chi connectivity index (χ2v) is 15.1. The van der Waals surface area contributed by atoms with Crippen molar-refractivity contribution in [3.8, 4) is 50.3 Å². The fraction of sp³-hybridized carbons (Fsp3) is 0.0185. The fourth-order valence-electron chi connectivity index (χ4n) is 9.10. The van der Waals surface area contributed by atoms with Crippen LogP contribution in [-0.2, 0) is 0 Å². The zero-order valence-electron chi connectivity index (χ0n) is 31.6. The SMILES string of the molecule is Cc1ccnc(-c2c(-c3ccc4oc5ccc(-c6ccccc6)cc5c4c3)cc3c(oc4ccccc43)c2-c2cccc3c4ccccc4n(-c4ccccc4)c23)c1. The van der Waals surface area contributed by atoms with Gasteiger partial charge in [-0.1, -0.05) is 115 Å². The van der Waals surface area contributed by atoms with Crippen molar-refractivity contribution < 1.29 is 8.83 Å². The molecule has 0 saturated carbocycles. The van der Waals surface area contributed by atoms with E-state index in [1.165, 1.54) is 16.3 Å². The third-order valence-corrected chi connectivity index (χ3v) is 11.7. The van der Waals surface area contributed by atoms with Crippen LogP contribution in [0.25, 0.3) is 116 Å². The quantitative estimate of drug-likeness (QED) is 0.176. The Kier molecular flexibility index (Phi) is 7.11. The molecule has 272 valence electrons. The fourth-order valence-corrected chi connectivity index (χ4v) is 9.10. The summed E-state index contributed by atoms with van der Waals surface area (Å²) in [6, 6.07) is 64.6. The lowest BCUT2D eigenvalue weighted by molar-refractivity contribution is 0.669. The van der Waals surface area contributed by atoms with E-state index in [0.717, 1.165) is 105 Å². The molecule has 0 unspecified atom stereocenters. The first kappa shape index (κ1) is 32.5. The first-order valence-corrected chi connectivity index (χ1v) is 19.7. The van der Waals surface area contributed by atoms with Crippen LogP contribution in [0.4, 0.5) is 0 Å². The van der Waals surface area contributed by atoms with Crippen LogP contribution in [0.1, 0.15) is 5.56 Å². The number of nitrogens with zero attached hydrogens (tertiary/aromatic N) is 2. The summed E-state index contributed by atoms with van der Waals surface area (Å²) in [5.41, 5.74) is 16.4. The molecule has 0 N–H and O–H groups in total. The third kappa shape index (κ3) is 4.92. The van der Waals surface area contributed by atoms with E-state index in [9.17, 15) is 0 Å². The minimum Gasteiger partial charge on any atom is -0.456 e. The zero-order valence-corrected chi connectivity index (χ0v) is 31.6. The van der Waals surface area contributed by atoms with E-state index in [0.29, 0.717) is 0 Å².